The van der Waals surface area contributed by atoms with Crippen molar-refractivity contribution in [3.8, 4) is 0 Å². The third-order valence-corrected chi connectivity index (χ3v) is 3.23. The van der Waals surface area contributed by atoms with Gasteiger partial charge in [-0.1, -0.05) is 17.7 Å². The molecule has 1 nitrogen and oxygen atoms in total. The summed E-state index contributed by atoms with van der Waals surface area (Å²) in [6, 6.07) is 8.08. The smallest absolute Gasteiger partial charge is 0.168 e. The number of hydrogen-bond acceptors (Lipinski definition) is 1. The molecule has 0 aliphatic heterocycles. The van der Waals surface area contributed by atoms with Crippen molar-refractivity contribution in [1.82, 2.24) is 0 Å². The summed E-state index contributed by atoms with van der Waals surface area (Å²) in [4.78, 5) is 9.69. The van der Waals surface area contributed by atoms with E-state index in [1.807, 2.05) is 44.5 Å². The Morgan fingerprint density at radius 1 is 1.09 bits per heavy atom. The fourth-order valence-electron chi connectivity index (χ4n) is 0.910. The number of rotatable bonds is 1. The molecule has 0 unspecified atom stereocenters. The highest BCUT2D eigenvalue weighted by atomic mass is 31.2. The van der Waals surface area contributed by atoms with E-state index in [-0.39, 0.29) is 0 Å². The van der Waals surface area contributed by atoms with Gasteiger partial charge in [0.2, 0.25) is 0 Å². The topological polar surface area (TPSA) is 20.2 Å². The number of hydrogen-bond donors (Lipinski definition) is 1. The lowest BCUT2D eigenvalue weighted by Crippen LogP contribution is -2.07. The van der Waals surface area contributed by atoms with Gasteiger partial charge in [-0.3, -0.25) is 0 Å². The van der Waals surface area contributed by atoms with Crippen LogP contribution in [0.5, 0.6) is 0 Å². The molecule has 0 saturated carbocycles. The van der Waals surface area contributed by atoms with Gasteiger partial charge in [0.05, 0.1) is 13.3 Å². The quantitative estimate of drug-likeness (QED) is 0.635. The first kappa shape index (κ1) is 8.70. The third kappa shape index (κ3) is 2.28. The van der Waals surface area contributed by atoms with Crippen molar-refractivity contribution >= 4 is 12.8 Å². The zero-order valence-corrected chi connectivity index (χ0v) is 8.10. The summed E-state index contributed by atoms with van der Waals surface area (Å²) < 4.78 is 0. The Morgan fingerprint density at radius 2 is 1.55 bits per heavy atom. The molecule has 0 aliphatic rings. The van der Waals surface area contributed by atoms with Crippen molar-refractivity contribution in [1.29, 1.82) is 0 Å². The maximum atomic E-state index is 9.69. The lowest BCUT2D eigenvalue weighted by atomic mass is 10.2. The molecule has 1 aromatic rings. The Balaban J connectivity index is 2.99. The van der Waals surface area contributed by atoms with E-state index in [1.165, 1.54) is 5.56 Å². The maximum Gasteiger partial charge on any atom is 0.168 e. The van der Waals surface area contributed by atoms with Gasteiger partial charge in [-0.15, -0.1) is 0 Å². The second kappa shape index (κ2) is 2.92. The van der Waals surface area contributed by atoms with Crippen LogP contribution in [-0.2, 0) is 0 Å². The van der Waals surface area contributed by atoms with E-state index in [0.717, 1.165) is 5.30 Å². The molecule has 2 heteroatoms. The molecule has 1 aromatic carbocycles. The van der Waals surface area contributed by atoms with Crippen LogP contribution in [0.2, 0.25) is 0 Å². The molecule has 1 rings (SSSR count). The molecular weight excluding hydrogens is 155 g/mol. The van der Waals surface area contributed by atoms with E-state index in [1.54, 1.807) is 0 Å². The second-order valence-corrected chi connectivity index (χ2v) is 6.54. The van der Waals surface area contributed by atoms with Crippen LogP contribution in [-0.4, -0.2) is 18.2 Å². The van der Waals surface area contributed by atoms with Gasteiger partial charge in [0.15, 0.2) is 7.49 Å². The number of benzene rings is 1. The van der Waals surface area contributed by atoms with Crippen LogP contribution in [0.1, 0.15) is 5.56 Å². The van der Waals surface area contributed by atoms with Crippen molar-refractivity contribution in [2.24, 2.45) is 0 Å². The SMILES string of the molecule is Cc1ccc([P+](C)(C)O)cc1. The van der Waals surface area contributed by atoms with Crippen LogP contribution < -0.4 is 5.30 Å². The lowest BCUT2D eigenvalue weighted by molar-refractivity contribution is 0.625. The molecule has 11 heavy (non-hydrogen) atoms. The van der Waals surface area contributed by atoms with Crippen LogP contribution in [0.4, 0.5) is 0 Å². The number of aryl methyl sites for hydroxylation is 1. The minimum Gasteiger partial charge on any atom is -0.247 e. The second-order valence-electron chi connectivity index (χ2n) is 3.23. The monoisotopic (exact) mass is 169 g/mol. The molecule has 0 atom stereocenters. The first-order chi connectivity index (χ1) is 5.00. The molecule has 1 N–H and O–H groups in total. The molecule has 0 amide bonds. The van der Waals surface area contributed by atoms with Crippen LogP contribution in [0.3, 0.4) is 0 Å². The molecule has 0 aromatic heterocycles. The molecule has 0 spiro atoms. The van der Waals surface area contributed by atoms with E-state index in [2.05, 4.69) is 0 Å². The summed E-state index contributed by atoms with van der Waals surface area (Å²) in [5, 5.41) is 1.07. The zero-order chi connectivity index (χ0) is 8.48. The van der Waals surface area contributed by atoms with Crippen molar-refractivity contribution in [3.05, 3.63) is 29.8 Å². The molecule has 0 bridgehead atoms. The van der Waals surface area contributed by atoms with Gasteiger partial charge in [0.1, 0.15) is 5.30 Å². The third-order valence-electron chi connectivity index (χ3n) is 1.67. The molecular formula is C9H14OP+. The zero-order valence-electron chi connectivity index (χ0n) is 7.20. The average Bonchev–Trinajstić information content (AvgIpc) is 1.86. The van der Waals surface area contributed by atoms with Crippen LogP contribution in [0.25, 0.3) is 0 Å². The molecule has 0 aliphatic carbocycles. The summed E-state index contributed by atoms with van der Waals surface area (Å²) in [5.41, 5.74) is 1.24. The Morgan fingerprint density at radius 3 is 1.91 bits per heavy atom. The molecule has 0 heterocycles. The molecule has 0 radical (unpaired) electrons. The molecule has 0 fully saturated rings. The van der Waals surface area contributed by atoms with Crippen molar-refractivity contribution in [2.75, 3.05) is 13.3 Å². The van der Waals surface area contributed by atoms with Crippen molar-refractivity contribution < 1.29 is 4.89 Å². The maximum absolute atomic E-state index is 9.69. The van der Waals surface area contributed by atoms with Gasteiger partial charge in [-0.2, -0.15) is 0 Å². The standard InChI is InChI=1S/C9H14OP/c1-8-4-6-9(7-5-8)11(2,3)10/h4-7,10H,1-3H3/q+1. The Hall–Kier alpha value is -0.390. The predicted molar refractivity (Wildman–Crippen MR) is 51.8 cm³/mol. The van der Waals surface area contributed by atoms with E-state index in [9.17, 15) is 4.89 Å². The first-order valence-corrected chi connectivity index (χ1v) is 6.28. The summed E-state index contributed by atoms with van der Waals surface area (Å²) in [6.07, 6.45) is 0. The fourth-order valence-corrected chi connectivity index (χ4v) is 1.79. The highest BCUT2D eigenvalue weighted by Gasteiger charge is 2.23. The summed E-state index contributed by atoms with van der Waals surface area (Å²) >= 11 is 0. The highest BCUT2D eigenvalue weighted by molar-refractivity contribution is 7.76. The Bertz CT molecular complexity index is 233. The average molecular weight is 169 g/mol. The largest absolute Gasteiger partial charge is 0.247 e. The minimum absolute atomic E-state index is 1.07. The molecule has 60 valence electrons. The highest BCUT2D eigenvalue weighted by Crippen LogP contribution is 2.43. The van der Waals surface area contributed by atoms with Gasteiger partial charge < -0.3 is 0 Å². The van der Waals surface area contributed by atoms with E-state index in [4.69, 9.17) is 0 Å². The normalized spacial score (nSPS) is 11.6. The van der Waals surface area contributed by atoms with Crippen LogP contribution in [0, 0.1) is 6.92 Å². The summed E-state index contributed by atoms with van der Waals surface area (Å²) in [6.45, 7) is 5.85. The first-order valence-electron chi connectivity index (χ1n) is 3.64. The Kier molecular flexibility index (Phi) is 2.31. The minimum atomic E-state index is -1.79. The van der Waals surface area contributed by atoms with Crippen LogP contribution >= 0.6 is 7.49 Å². The van der Waals surface area contributed by atoms with E-state index < -0.39 is 7.49 Å². The van der Waals surface area contributed by atoms with Gasteiger partial charge >= 0.3 is 0 Å². The van der Waals surface area contributed by atoms with Gasteiger partial charge in [-0.05, 0) is 19.1 Å². The fraction of sp³-hybridized carbons (Fsp3) is 0.333. The van der Waals surface area contributed by atoms with Crippen LogP contribution in [0.15, 0.2) is 24.3 Å². The van der Waals surface area contributed by atoms with Gasteiger partial charge in [0.25, 0.3) is 0 Å². The van der Waals surface area contributed by atoms with Crippen molar-refractivity contribution in [2.45, 2.75) is 6.92 Å². The van der Waals surface area contributed by atoms with E-state index >= 15 is 0 Å². The van der Waals surface area contributed by atoms with E-state index in [0.29, 0.717) is 0 Å². The van der Waals surface area contributed by atoms with Gasteiger partial charge in [0, 0.05) is 0 Å². The summed E-state index contributed by atoms with van der Waals surface area (Å²) in [7, 11) is -1.79. The molecule has 0 saturated heterocycles. The van der Waals surface area contributed by atoms with Gasteiger partial charge in [-0.25, -0.2) is 4.89 Å². The summed E-state index contributed by atoms with van der Waals surface area (Å²) in [5.74, 6) is 0. The lowest BCUT2D eigenvalue weighted by Gasteiger charge is -2.07. The Labute approximate surface area is 68.5 Å². The predicted octanol–water partition coefficient (Wildman–Crippen LogP) is 1.80. The van der Waals surface area contributed by atoms with Crippen molar-refractivity contribution in [3.63, 3.8) is 0 Å².